The molecule has 4 nitrogen and oxygen atoms in total. The summed E-state index contributed by atoms with van der Waals surface area (Å²) in [5.41, 5.74) is 2.02. The second-order valence-electron chi connectivity index (χ2n) is 6.35. The molecule has 0 aliphatic heterocycles. The molecule has 24 heavy (non-hydrogen) atoms. The fourth-order valence-electron chi connectivity index (χ4n) is 2.60. The SMILES string of the molecule is COc1cccc(CC(=O)NCC(Cc2ccccc2)C(C)C)n1. The number of carbonyl (C=O) groups is 1. The van der Waals surface area contributed by atoms with Gasteiger partial charge in [-0.3, -0.25) is 4.79 Å². The summed E-state index contributed by atoms with van der Waals surface area (Å²) < 4.78 is 5.09. The summed E-state index contributed by atoms with van der Waals surface area (Å²) in [5.74, 6) is 1.44. The maximum Gasteiger partial charge on any atom is 0.226 e. The Morgan fingerprint density at radius 2 is 1.88 bits per heavy atom. The second-order valence-corrected chi connectivity index (χ2v) is 6.35. The van der Waals surface area contributed by atoms with Crippen LogP contribution < -0.4 is 10.1 Å². The third-order valence-corrected chi connectivity index (χ3v) is 4.18. The zero-order valence-corrected chi connectivity index (χ0v) is 14.7. The largest absolute Gasteiger partial charge is 0.481 e. The van der Waals surface area contributed by atoms with Crippen molar-refractivity contribution in [3.63, 3.8) is 0 Å². The molecular formula is C20H26N2O2. The van der Waals surface area contributed by atoms with E-state index >= 15 is 0 Å². The van der Waals surface area contributed by atoms with Crippen molar-refractivity contribution in [1.29, 1.82) is 0 Å². The molecule has 0 spiro atoms. The van der Waals surface area contributed by atoms with Crippen LogP contribution in [0.2, 0.25) is 0 Å². The van der Waals surface area contributed by atoms with Crippen LogP contribution in [0.5, 0.6) is 5.88 Å². The quantitative estimate of drug-likeness (QED) is 0.810. The minimum Gasteiger partial charge on any atom is -0.481 e. The Kier molecular flexibility index (Phi) is 6.79. The molecular weight excluding hydrogens is 300 g/mol. The van der Waals surface area contributed by atoms with Gasteiger partial charge in [-0.15, -0.1) is 0 Å². The van der Waals surface area contributed by atoms with Crippen molar-refractivity contribution in [2.45, 2.75) is 26.7 Å². The zero-order valence-electron chi connectivity index (χ0n) is 14.7. The lowest BCUT2D eigenvalue weighted by molar-refractivity contribution is -0.120. The molecule has 0 fully saturated rings. The van der Waals surface area contributed by atoms with Crippen molar-refractivity contribution in [3.8, 4) is 5.88 Å². The lowest BCUT2D eigenvalue weighted by atomic mass is 9.89. The summed E-state index contributed by atoms with van der Waals surface area (Å²) in [7, 11) is 1.57. The normalized spacial score (nSPS) is 12.0. The van der Waals surface area contributed by atoms with E-state index in [1.165, 1.54) is 5.56 Å². The van der Waals surface area contributed by atoms with E-state index in [4.69, 9.17) is 4.74 Å². The highest BCUT2D eigenvalue weighted by atomic mass is 16.5. The van der Waals surface area contributed by atoms with Gasteiger partial charge < -0.3 is 10.1 Å². The van der Waals surface area contributed by atoms with Crippen LogP contribution in [0.1, 0.15) is 25.1 Å². The molecule has 2 rings (SSSR count). The van der Waals surface area contributed by atoms with Crippen molar-refractivity contribution in [2.24, 2.45) is 11.8 Å². The average Bonchev–Trinajstić information content (AvgIpc) is 2.59. The standard InChI is InChI=1S/C20H26N2O2/c1-15(2)17(12-16-8-5-4-6-9-16)14-21-19(23)13-18-10-7-11-20(22-18)24-3/h4-11,15,17H,12-14H2,1-3H3,(H,21,23). The number of ether oxygens (including phenoxy) is 1. The lowest BCUT2D eigenvalue weighted by Gasteiger charge is -2.21. The van der Waals surface area contributed by atoms with Gasteiger partial charge >= 0.3 is 0 Å². The first-order valence-corrected chi connectivity index (χ1v) is 8.39. The fraction of sp³-hybridized carbons (Fsp3) is 0.400. The van der Waals surface area contributed by atoms with Crippen LogP contribution in [0.3, 0.4) is 0 Å². The smallest absolute Gasteiger partial charge is 0.226 e. The molecule has 1 aromatic heterocycles. The number of amides is 1. The number of methoxy groups -OCH3 is 1. The number of benzene rings is 1. The van der Waals surface area contributed by atoms with Crippen LogP contribution in [0.25, 0.3) is 0 Å². The molecule has 1 unspecified atom stereocenters. The van der Waals surface area contributed by atoms with E-state index in [0.29, 0.717) is 24.3 Å². The molecule has 1 aromatic carbocycles. The minimum atomic E-state index is -0.00513. The Labute approximate surface area is 144 Å². The molecule has 0 bridgehead atoms. The topological polar surface area (TPSA) is 51.2 Å². The molecule has 1 N–H and O–H groups in total. The number of hydrogen-bond donors (Lipinski definition) is 1. The molecule has 0 radical (unpaired) electrons. The summed E-state index contributed by atoms with van der Waals surface area (Å²) >= 11 is 0. The van der Waals surface area contributed by atoms with Crippen molar-refractivity contribution in [3.05, 3.63) is 59.8 Å². The molecule has 2 aromatic rings. The van der Waals surface area contributed by atoms with E-state index in [0.717, 1.165) is 12.1 Å². The summed E-state index contributed by atoms with van der Waals surface area (Å²) in [6, 6.07) is 15.9. The van der Waals surface area contributed by atoms with Crippen LogP contribution in [-0.4, -0.2) is 24.5 Å². The summed E-state index contributed by atoms with van der Waals surface area (Å²) in [5, 5.41) is 3.05. The van der Waals surface area contributed by atoms with Gasteiger partial charge in [0.15, 0.2) is 0 Å². The van der Waals surface area contributed by atoms with Crippen LogP contribution in [0, 0.1) is 11.8 Å². The molecule has 128 valence electrons. The second kappa shape index (κ2) is 9.06. The predicted molar refractivity (Wildman–Crippen MR) is 96.0 cm³/mol. The number of nitrogens with zero attached hydrogens (tertiary/aromatic N) is 1. The van der Waals surface area contributed by atoms with E-state index in [9.17, 15) is 4.79 Å². The Morgan fingerprint density at radius 1 is 1.12 bits per heavy atom. The highest BCUT2D eigenvalue weighted by molar-refractivity contribution is 5.78. The Balaban J connectivity index is 1.87. The Hall–Kier alpha value is -2.36. The van der Waals surface area contributed by atoms with Crippen molar-refractivity contribution in [2.75, 3.05) is 13.7 Å². The number of pyridine rings is 1. The van der Waals surface area contributed by atoms with Crippen LogP contribution in [0.15, 0.2) is 48.5 Å². The van der Waals surface area contributed by atoms with Crippen molar-refractivity contribution in [1.82, 2.24) is 10.3 Å². The fourth-order valence-corrected chi connectivity index (χ4v) is 2.60. The Bertz CT molecular complexity index is 641. The van der Waals surface area contributed by atoms with Gasteiger partial charge in [0.1, 0.15) is 0 Å². The molecule has 0 aliphatic carbocycles. The third-order valence-electron chi connectivity index (χ3n) is 4.18. The maximum absolute atomic E-state index is 12.2. The first kappa shape index (κ1) is 18.0. The maximum atomic E-state index is 12.2. The molecule has 0 saturated carbocycles. The van der Waals surface area contributed by atoms with E-state index in [1.807, 2.05) is 18.2 Å². The third kappa shape index (κ3) is 5.69. The molecule has 0 saturated heterocycles. The van der Waals surface area contributed by atoms with Gasteiger partial charge in [0, 0.05) is 12.6 Å². The van der Waals surface area contributed by atoms with Gasteiger partial charge in [-0.2, -0.15) is 0 Å². The van der Waals surface area contributed by atoms with Gasteiger partial charge in [0.05, 0.1) is 19.2 Å². The first-order valence-electron chi connectivity index (χ1n) is 8.39. The molecule has 1 atom stereocenters. The molecule has 0 aliphatic rings. The van der Waals surface area contributed by atoms with E-state index < -0.39 is 0 Å². The number of nitrogens with one attached hydrogen (secondary N) is 1. The summed E-state index contributed by atoms with van der Waals surface area (Å²) in [6.07, 6.45) is 1.24. The Morgan fingerprint density at radius 3 is 2.54 bits per heavy atom. The number of aromatic nitrogens is 1. The van der Waals surface area contributed by atoms with Crippen LogP contribution >= 0.6 is 0 Å². The van der Waals surface area contributed by atoms with E-state index in [-0.39, 0.29) is 12.3 Å². The van der Waals surface area contributed by atoms with Crippen LogP contribution in [-0.2, 0) is 17.6 Å². The summed E-state index contributed by atoms with van der Waals surface area (Å²) in [4.78, 5) is 16.5. The lowest BCUT2D eigenvalue weighted by Crippen LogP contribution is -2.33. The van der Waals surface area contributed by atoms with E-state index in [2.05, 4.69) is 48.4 Å². The summed E-state index contributed by atoms with van der Waals surface area (Å²) in [6.45, 7) is 5.07. The van der Waals surface area contributed by atoms with Gasteiger partial charge in [-0.05, 0) is 29.9 Å². The number of rotatable bonds is 8. The van der Waals surface area contributed by atoms with Gasteiger partial charge in [0.25, 0.3) is 0 Å². The average molecular weight is 326 g/mol. The van der Waals surface area contributed by atoms with Crippen molar-refractivity contribution >= 4 is 5.91 Å². The number of hydrogen-bond acceptors (Lipinski definition) is 3. The minimum absolute atomic E-state index is 0.00513. The van der Waals surface area contributed by atoms with Crippen LogP contribution in [0.4, 0.5) is 0 Å². The van der Waals surface area contributed by atoms with Gasteiger partial charge in [-0.1, -0.05) is 50.2 Å². The molecule has 1 heterocycles. The monoisotopic (exact) mass is 326 g/mol. The molecule has 1 amide bonds. The van der Waals surface area contributed by atoms with E-state index in [1.54, 1.807) is 13.2 Å². The highest BCUT2D eigenvalue weighted by Gasteiger charge is 2.15. The first-order chi connectivity index (χ1) is 11.6. The highest BCUT2D eigenvalue weighted by Crippen LogP contribution is 2.16. The number of carbonyl (C=O) groups excluding carboxylic acids is 1. The zero-order chi connectivity index (χ0) is 17.4. The molecule has 4 heteroatoms. The van der Waals surface area contributed by atoms with Crippen molar-refractivity contribution < 1.29 is 9.53 Å². The van der Waals surface area contributed by atoms with Gasteiger partial charge in [0.2, 0.25) is 11.8 Å². The van der Waals surface area contributed by atoms with Gasteiger partial charge in [-0.25, -0.2) is 4.98 Å². The predicted octanol–water partition coefficient (Wildman–Crippen LogP) is 3.26.